The molecule has 0 spiro atoms. The summed E-state index contributed by atoms with van der Waals surface area (Å²) in [5.74, 6) is -0.232. The summed E-state index contributed by atoms with van der Waals surface area (Å²) in [5.41, 5.74) is 1.81. The van der Waals surface area contributed by atoms with E-state index >= 15 is 0 Å². The molecule has 0 aliphatic rings. The van der Waals surface area contributed by atoms with E-state index < -0.39 is 13.3 Å². The van der Waals surface area contributed by atoms with Crippen molar-refractivity contribution in [1.82, 2.24) is 0 Å². The van der Waals surface area contributed by atoms with Crippen molar-refractivity contribution in [2.45, 2.75) is 25.7 Å². The Morgan fingerprint density at radius 3 is 2.04 bits per heavy atom. The summed E-state index contributed by atoms with van der Waals surface area (Å²) in [7, 11) is -1.63. The van der Waals surface area contributed by atoms with E-state index in [-0.39, 0.29) is 5.78 Å². The second kappa shape index (κ2) is 7.40. The quantitative estimate of drug-likeness (QED) is 0.350. The Morgan fingerprint density at radius 1 is 0.958 bits per heavy atom. The Balaban J connectivity index is 2.66. The lowest BCUT2D eigenvalue weighted by molar-refractivity contribution is 0.103. The highest BCUT2D eigenvalue weighted by atomic mass is 35.5. The van der Waals surface area contributed by atoms with Gasteiger partial charge in [-0.25, -0.2) is 0 Å². The second-order valence-electron chi connectivity index (χ2n) is 6.80. The number of halogens is 3. The van der Waals surface area contributed by atoms with Gasteiger partial charge in [0.1, 0.15) is 0 Å². The van der Waals surface area contributed by atoms with E-state index in [2.05, 4.69) is 19.6 Å². The van der Waals surface area contributed by atoms with Gasteiger partial charge in [0.05, 0.1) is 5.02 Å². The third kappa shape index (κ3) is 4.48. The molecule has 0 atom stereocenters. The smallest absolute Gasteiger partial charge is 0.252 e. The Morgan fingerprint density at radius 2 is 1.54 bits per heavy atom. The lowest BCUT2D eigenvalue weighted by Crippen LogP contribution is -2.27. The van der Waals surface area contributed by atoms with Crippen LogP contribution < -0.4 is 0 Å². The molecule has 2 rings (SSSR count). The lowest BCUT2D eigenvalue weighted by atomic mass is 9.95. The molecule has 0 N–H and O–H groups in total. The summed E-state index contributed by atoms with van der Waals surface area (Å²) in [6, 6.07) is 10.4. The molecule has 0 unspecified atom stereocenters. The summed E-state index contributed by atoms with van der Waals surface area (Å²) in [6.45, 7) is 6.48. The zero-order valence-electron chi connectivity index (χ0n) is 13.6. The minimum Gasteiger partial charge on any atom is -0.289 e. The summed E-state index contributed by atoms with van der Waals surface area (Å²) in [5, 5.41) is 0.291. The molecule has 0 aliphatic carbocycles. The molecule has 0 saturated heterocycles. The average Bonchev–Trinajstić information content (AvgIpc) is 2.45. The van der Waals surface area contributed by atoms with Gasteiger partial charge in [-0.2, -0.15) is 0 Å². The zero-order chi connectivity index (χ0) is 18.1. The van der Waals surface area contributed by atoms with Gasteiger partial charge in [0.15, 0.2) is 5.78 Å². The molecule has 0 saturated carbocycles. The van der Waals surface area contributed by atoms with Gasteiger partial charge in [0.2, 0.25) is 0 Å². The summed E-state index contributed by atoms with van der Waals surface area (Å²) >= 11 is 17.9. The number of hydrogen-bond acceptors (Lipinski definition) is 2. The first-order valence-electron chi connectivity index (χ1n) is 7.41. The molecule has 0 bridgehead atoms. The highest BCUT2D eigenvalue weighted by Crippen LogP contribution is 2.30. The second-order valence-corrected chi connectivity index (χ2v) is 13.5. The van der Waals surface area contributed by atoms with Crippen molar-refractivity contribution >= 4 is 53.9 Å². The van der Waals surface area contributed by atoms with Crippen molar-refractivity contribution in [3.8, 4) is 0 Å². The van der Waals surface area contributed by atoms with Gasteiger partial charge in [-0.05, 0) is 59.6 Å². The van der Waals surface area contributed by atoms with Crippen LogP contribution in [0.15, 0.2) is 36.4 Å². The number of rotatable bonds is 5. The third-order valence-corrected chi connectivity index (χ3v) is 5.70. The largest absolute Gasteiger partial charge is 0.289 e. The van der Waals surface area contributed by atoms with Crippen LogP contribution in [0.3, 0.4) is 0 Å². The normalized spacial score (nSPS) is 11.4. The molecule has 0 aliphatic heterocycles. The monoisotopic (exact) mass is 398 g/mol. The molecule has 0 aromatic heterocycles. The van der Waals surface area contributed by atoms with E-state index in [1.54, 1.807) is 36.4 Å². The predicted octanol–water partition coefficient (Wildman–Crippen LogP) is 6.02. The first kappa shape index (κ1) is 19.2. The van der Waals surface area contributed by atoms with Crippen molar-refractivity contribution < 1.29 is 9.59 Å². The number of carbonyl (C=O) groups is 2. The van der Waals surface area contributed by atoms with E-state index in [1.807, 2.05) is 0 Å². The molecular weight excluding hydrogens is 383 g/mol. The average molecular weight is 400 g/mol. The highest BCUT2D eigenvalue weighted by Gasteiger charge is 2.26. The topological polar surface area (TPSA) is 34.1 Å². The van der Waals surface area contributed by atoms with Gasteiger partial charge in [-0.1, -0.05) is 42.8 Å². The van der Waals surface area contributed by atoms with Crippen LogP contribution in [0.5, 0.6) is 0 Å². The molecule has 2 aromatic rings. The van der Waals surface area contributed by atoms with E-state index in [4.69, 9.17) is 34.8 Å². The van der Waals surface area contributed by atoms with Crippen molar-refractivity contribution in [3.05, 3.63) is 68.7 Å². The molecule has 0 fully saturated rings. The summed E-state index contributed by atoms with van der Waals surface area (Å²) in [6.07, 6.45) is 0. The molecule has 2 nitrogen and oxygen atoms in total. The lowest BCUT2D eigenvalue weighted by Gasteiger charge is -2.21. The molecular formula is C18H17Cl3O2Si. The van der Waals surface area contributed by atoms with Gasteiger partial charge in [0.25, 0.3) is 5.24 Å². The maximum Gasteiger partial charge on any atom is 0.252 e. The fraction of sp³-hybridized carbons (Fsp3) is 0.222. The Bertz CT molecular complexity index is 793. The maximum atomic E-state index is 13.0. The van der Waals surface area contributed by atoms with Crippen LogP contribution in [0.4, 0.5) is 0 Å². The predicted molar refractivity (Wildman–Crippen MR) is 104 cm³/mol. The SMILES string of the molecule is C[Si](C)(C)Cc1c(C(=O)Cl)ccc(Cl)c1C(=O)c1ccc(Cl)cc1. The minimum absolute atomic E-state index is 0.232. The Labute approximate surface area is 157 Å². The zero-order valence-corrected chi connectivity index (χ0v) is 16.9. The van der Waals surface area contributed by atoms with Crippen molar-refractivity contribution in [1.29, 1.82) is 0 Å². The van der Waals surface area contributed by atoms with Gasteiger partial charge in [-0.15, -0.1) is 0 Å². The minimum atomic E-state index is -1.63. The molecule has 0 heterocycles. The van der Waals surface area contributed by atoms with E-state index in [0.29, 0.717) is 38.3 Å². The number of ketones is 1. The van der Waals surface area contributed by atoms with Crippen molar-refractivity contribution in [2.24, 2.45) is 0 Å². The van der Waals surface area contributed by atoms with E-state index in [0.717, 1.165) is 0 Å². The van der Waals surface area contributed by atoms with Gasteiger partial charge >= 0.3 is 0 Å². The molecule has 0 radical (unpaired) electrons. The highest BCUT2D eigenvalue weighted by molar-refractivity contribution is 6.76. The molecule has 6 heteroatoms. The van der Waals surface area contributed by atoms with Gasteiger partial charge in [-0.3, -0.25) is 9.59 Å². The van der Waals surface area contributed by atoms with Crippen LogP contribution in [0.2, 0.25) is 29.7 Å². The van der Waals surface area contributed by atoms with Crippen LogP contribution in [-0.4, -0.2) is 19.1 Å². The molecule has 0 amide bonds. The number of hydrogen-bond donors (Lipinski definition) is 0. The fourth-order valence-corrected chi connectivity index (χ4v) is 4.50. The fourth-order valence-electron chi connectivity index (χ4n) is 2.51. The van der Waals surface area contributed by atoms with Crippen LogP contribution in [0.25, 0.3) is 0 Å². The first-order chi connectivity index (χ1) is 11.1. The van der Waals surface area contributed by atoms with Crippen molar-refractivity contribution in [3.63, 3.8) is 0 Å². The molecule has 126 valence electrons. The number of benzene rings is 2. The standard InChI is InChI=1S/C18H17Cl3O2Si/c1-24(2,3)10-14-13(18(21)23)8-9-15(20)16(14)17(22)11-4-6-12(19)7-5-11/h4-9H,10H2,1-3H3. The van der Waals surface area contributed by atoms with Crippen LogP contribution in [-0.2, 0) is 6.04 Å². The first-order valence-corrected chi connectivity index (χ1v) is 12.3. The molecule has 2 aromatic carbocycles. The number of carbonyl (C=O) groups excluding carboxylic acids is 2. The van der Waals surface area contributed by atoms with E-state index in [1.165, 1.54) is 0 Å². The Hall–Kier alpha value is -1.13. The summed E-state index contributed by atoms with van der Waals surface area (Å²) < 4.78 is 0. The Kier molecular flexibility index (Phi) is 5.92. The van der Waals surface area contributed by atoms with Crippen LogP contribution in [0.1, 0.15) is 31.8 Å². The maximum absolute atomic E-state index is 13.0. The van der Waals surface area contributed by atoms with Gasteiger partial charge in [0, 0.05) is 29.8 Å². The van der Waals surface area contributed by atoms with Crippen LogP contribution in [0, 0.1) is 0 Å². The molecule has 24 heavy (non-hydrogen) atoms. The van der Waals surface area contributed by atoms with Crippen LogP contribution >= 0.6 is 34.8 Å². The summed E-state index contributed by atoms with van der Waals surface area (Å²) in [4.78, 5) is 24.8. The van der Waals surface area contributed by atoms with Gasteiger partial charge < -0.3 is 0 Å². The third-order valence-electron chi connectivity index (χ3n) is 3.51. The van der Waals surface area contributed by atoms with E-state index in [9.17, 15) is 9.59 Å². The van der Waals surface area contributed by atoms with Crippen molar-refractivity contribution in [2.75, 3.05) is 0 Å².